The van der Waals surface area contributed by atoms with Crippen LogP contribution in [0.1, 0.15) is 39.2 Å². The van der Waals surface area contributed by atoms with Crippen molar-refractivity contribution < 1.29 is 14.3 Å². The first-order chi connectivity index (χ1) is 9.74. The zero-order chi connectivity index (χ0) is 15.5. The van der Waals surface area contributed by atoms with Crippen molar-refractivity contribution in [2.24, 2.45) is 10.8 Å². The van der Waals surface area contributed by atoms with Gasteiger partial charge >= 0.3 is 5.97 Å². The summed E-state index contributed by atoms with van der Waals surface area (Å²) in [7, 11) is 0. The second-order valence-electron chi connectivity index (χ2n) is 6.80. The van der Waals surface area contributed by atoms with Gasteiger partial charge in [-0.25, -0.2) is 4.98 Å². The summed E-state index contributed by atoms with van der Waals surface area (Å²) in [4.78, 5) is 29.2. The lowest BCUT2D eigenvalue weighted by Crippen LogP contribution is -2.50. The van der Waals surface area contributed by atoms with E-state index >= 15 is 0 Å². The van der Waals surface area contributed by atoms with Crippen molar-refractivity contribution in [1.82, 2.24) is 4.98 Å². The van der Waals surface area contributed by atoms with Crippen molar-refractivity contribution in [3.63, 3.8) is 0 Å². The summed E-state index contributed by atoms with van der Waals surface area (Å²) < 4.78 is 5.56. The number of nitrogens with zero attached hydrogens (tertiary/aromatic N) is 1. The number of anilines is 1. The number of rotatable bonds is 2. The number of hydrogen-bond donors (Lipinski definition) is 1. The predicted octanol–water partition coefficient (Wildman–Crippen LogP) is 2.45. The van der Waals surface area contributed by atoms with Crippen molar-refractivity contribution in [3.8, 4) is 0 Å². The molecule has 3 rings (SSSR count). The van der Waals surface area contributed by atoms with Gasteiger partial charge in [0.2, 0.25) is 0 Å². The molecule has 1 saturated carbocycles. The van der Waals surface area contributed by atoms with Crippen molar-refractivity contribution in [3.05, 3.63) is 23.9 Å². The lowest BCUT2D eigenvalue weighted by molar-refractivity contribution is -0.165. The molecule has 1 saturated heterocycles. The number of carbonyl (C=O) groups excluding carboxylic acids is 2. The first kappa shape index (κ1) is 14.0. The van der Waals surface area contributed by atoms with Crippen LogP contribution in [0.5, 0.6) is 0 Å². The lowest BCUT2D eigenvalue weighted by atomic mass is 9.66. The average Bonchev–Trinajstić information content (AvgIpc) is 2.72. The van der Waals surface area contributed by atoms with E-state index in [1.165, 1.54) is 0 Å². The molecule has 1 aromatic heterocycles. The van der Waals surface area contributed by atoms with Crippen LogP contribution in [0.25, 0.3) is 0 Å². The fourth-order valence-electron chi connectivity index (χ4n) is 3.57. The number of pyridine rings is 1. The number of fused-ring (bicyclic) bond motifs is 2. The van der Waals surface area contributed by atoms with Crippen LogP contribution < -0.4 is 5.32 Å². The molecule has 2 fully saturated rings. The van der Waals surface area contributed by atoms with Gasteiger partial charge in [0.05, 0.1) is 5.41 Å². The maximum absolute atomic E-state index is 12.8. The van der Waals surface area contributed by atoms with Gasteiger partial charge in [0, 0.05) is 11.6 Å². The highest BCUT2D eigenvalue weighted by Gasteiger charge is 2.75. The van der Waals surface area contributed by atoms with Crippen molar-refractivity contribution in [2.75, 3.05) is 5.32 Å². The van der Waals surface area contributed by atoms with E-state index in [9.17, 15) is 9.59 Å². The van der Waals surface area contributed by atoms with Crippen LogP contribution >= 0.6 is 0 Å². The molecule has 21 heavy (non-hydrogen) atoms. The number of esters is 1. The Morgan fingerprint density at radius 3 is 2.57 bits per heavy atom. The van der Waals surface area contributed by atoms with Crippen molar-refractivity contribution >= 4 is 17.7 Å². The minimum absolute atomic E-state index is 0.272. The number of ether oxygens (including phenoxy) is 1. The molecule has 0 radical (unpaired) electrons. The SMILES string of the molecule is Cc1cccnc1NC(=O)[C@]12CC[C@@](C)(C(=O)O1)C2(C)C. The molecule has 1 aliphatic heterocycles. The van der Waals surface area contributed by atoms with Crippen LogP contribution in [0, 0.1) is 17.8 Å². The Kier molecular flexibility index (Phi) is 2.71. The maximum Gasteiger partial charge on any atom is 0.313 e. The first-order valence-corrected chi connectivity index (χ1v) is 7.21. The number of aromatic nitrogens is 1. The minimum Gasteiger partial charge on any atom is -0.448 e. The third kappa shape index (κ3) is 1.54. The standard InChI is InChI=1S/C16H20N2O3/c1-10-6-5-9-17-11(10)18-12(19)16-8-7-15(4,13(20)21-16)14(16,2)3/h5-6,9H,7-8H2,1-4H3,(H,17,18,19)/t15-,16-/m0/s1. The highest BCUT2D eigenvalue weighted by Crippen LogP contribution is 2.65. The number of nitrogens with one attached hydrogen (secondary N) is 1. The number of aryl methyl sites for hydroxylation is 1. The smallest absolute Gasteiger partial charge is 0.313 e. The summed E-state index contributed by atoms with van der Waals surface area (Å²) in [6.07, 6.45) is 2.86. The third-order valence-electron chi connectivity index (χ3n) is 5.69. The highest BCUT2D eigenvalue weighted by molar-refractivity contribution is 6.03. The second-order valence-corrected chi connectivity index (χ2v) is 6.80. The molecule has 112 valence electrons. The molecule has 2 atom stereocenters. The Morgan fingerprint density at radius 2 is 2.05 bits per heavy atom. The molecule has 1 aromatic rings. The maximum atomic E-state index is 12.8. The summed E-state index contributed by atoms with van der Waals surface area (Å²) in [6.45, 7) is 7.65. The fraction of sp³-hybridized carbons (Fsp3) is 0.562. The molecular weight excluding hydrogens is 268 g/mol. The van der Waals surface area contributed by atoms with E-state index in [-0.39, 0.29) is 11.9 Å². The average molecular weight is 288 g/mol. The Hall–Kier alpha value is -1.91. The van der Waals surface area contributed by atoms with Gasteiger partial charge in [-0.2, -0.15) is 0 Å². The van der Waals surface area contributed by atoms with Crippen LogP contribution in [-0.4, -0.2) is 22.5 Å². The van der Waals surface area contributed by atoms with E-state index in [1.807, 2.05) is 39.8 Å². The molecule has 0 aromatic carbocycles. The van der Waals surface area contributed by atoms with Crippen LogP contribution in [0.2, 0.25) is 0 Å². The van der Waals surface area contributed by atoms with Crippen molar-refractivity contribution in [1.29, 1.82) is 0 Å². The summed E-state index contributed by atoms with van der Waals surface area (Å²) in [5.41, 5.74) is -1.35. The Balaban J connectivity index is 1.96. The molecule has 0 spiro atoms. The van der Waals surface area contributed by atoms with Gasteiger partial charge in [-0.3, -0.25) is 9.59 Å². The van der Waals surface area contributed by atoms with Gasteiger partial charge in [0.1, 0.15) is 5.82 Å². The van der Waals surface area contributed by atoms with Gasteiger partial charge in [0.25, 0.3) is 5.91 Å². The molecule has 1 amide bonds. The molecular formula is C16H20N2O3. The molecule has 2 aliphatic rings. The monoisotopic (exact) mass is 288 g/mol. The molecule has 0 unspecified atom stereocenters. The minimum atomic E-state index is -1.09. The molecule has 5 heteroatoms. The summed E-state index contributed by atoms with van der Waals surface area (Å²) in [5.74, 6) is -0.0280. The molecule has 1 aliphatic carbocycles. The van der Waals surface area contributed by atoms with Crippen LogP contribution in [-0.2, 0) is 14.3 Å². The van der Waals surface area contributed by atoms with Gasteiger partial charge < -0.3 is 10.1 Å². The first-order valence-electron chi connectivity index (χ1n) is 7.21. The number of carbonyl (C=O) groups is 2. The molecule has 5 nitrogen and oxygen atoms in total. The fourth-order valence-corrected chi connectivity index (χ4v) is 3.57. The summed E-state index contributed by atoms with van der Waals surface area (Å²) in [6, 6.07) is 3.69. The topological polar surface area (TPSA) is 68.3 Å². The Morgan fingerprint density at radius 1 is 1.33 bits per heavy atom. The predicted molar refractivity (Wildman–Crippen MR) is 77.5 cm³/mol. The number of amides is 1. The summed E-state index contributed by atoms with van der Waals surface area (Å²) in [5, 5.41) is 2.84. The largest absolute Gasteiger partial charge is 0.448 e. The summed E-state index contributed by atoms with van der Waals surface area (Å²) >= 11 is 0. The zero-order valence-corrected chi connectivity index (χ0v) is 12.8. The third-order valence-corrected chi connectivity index (χ3v) is 5.69. The van der Waals surface area contributed by atoms with E-state index in [1.54, 1.807) is 6.20 Å². The van der Waals surface area contributed by atoms with Crippen molar-refractivity contribution in [2.45, 2.75) is 46.1 Å². The van der Waals surface area contributed by atoms with E-state index in [4.69, 9.17) is 4.74 Å². The van der Waals surface area contributed by atoms with Crippen LogP contribution in [0.3, 0.4) is 0 Å². The van der Waals surface area contributed by atoms with Gasteiger partial charge in [-0.15, -0.1) is 0 Å². The normalized spacial score (nSPS) is 32.9. The lowest BCUT2D eigenvalue weighted by Gasteiger charge is -2.35. The van der Waals surface area contributed by atoms with Gasteiger partial charge in [0.15, 0.2) is 5.60 Å². The van der Waals surface area contributed by atoms with E-state index in [0.29, 0.717) is 18.7 Å². The molecule has 2 heterocycles. The molecule has 1 N–H and O–H groups in total. The number of hydrogen-bond acceptors (Lipinski definition) is 4. The quantitative estimate of drug-likeness (QED) is 0.849. The van der Waals surface area contributed by atoms with Gasteiger partial charge in [-0.1, -0.05) is 19.9 Å². The van der Waals surface area contributed by atoms with Gasteiger partial charge in [-0.05, 0) is 38.3 Å². The van der Waals surface area contributed by atoms with Crippen LogP contribution in [0.15, 0.2) is 18.3 Å². The molecule has 2 bridgehead atoms. The Bertz CT molecular complexity index is 640. The van der Waals surface area contributed by atoms with E-state index < -0.39 is 16.4 Å². The van der Waals surface area contributed by atoms with Crippen LogP contribution in [0.4, 0.5) is 5.82 Å². The zero-order valence-electron chi connectivity index (χ0n) is 12.8. The highest BCUT2D eigenvalue weighted by atomic mass is 16.6. The second kappa shape index (κ2) is 4.06. The van der Waals surface area contributed by atoms with E-state index in [2.05, 4.69) is 10.3 Å². The Labute approximate surface area is 124 Å². The van der Waals surface area contributed by atoms with E-state index in [0.717, 1.165) is 5.56 Å².